The lowest BCUT2D eigenvalue weighted by atomic mass is 10.1. The predicted octanol–water partition coefficient (Wildman–Crippen LogP) is 6.33. The van der Waals surface area contributed by atoms with Gasteiger partial charge in [0.25, 0.3) is 0 Å². The molecule has 0 N–H and O–H groups in total. The molecule has 0 radical (unpaired) electrons. The van der Waals surface area contributed by atoms with E-state index < -0.39 is 0 Å². The maximum Gasteiger partial charge on any atom is 0.0942 e. The van der Waals surface area contributed by atoms with E-state index in [9.17, 15) is 0 Å². The molecule has 0 unspecified atom stereocenters. The van der Waals surface area contributed by atoms with E-state index in [-0.39, 0.29) is 17.0 Å². The van der Waals surface area contributed by atoms with Gasteiger partial charge >= 0.3 is 0 Å². The van der Waals surface area contributed by atoms with E-state index in [1.165, 1.54) is 61.5 Å². The molecule has 0 aliphatic carbocycles. The average molecular weight is 389 g/mol. The molecule has 0 bridgehead atoms. The molecule has 3 heteroatoms. The van der Waals surface area contributed by atoms with Crippen LogP contribution in [0.25, 0.3) is 10.8 Å². The zero-order chi connectivity index (χ0) is 15.9. The predicted molar refractivity (Wildman–Crippen MR) is 111 cm³/mol. The highest BCUT2D eigenvalue weighted by Gasteiger charge is 2.15. The second-order valence-electron chi connectivity index (χ2n) is 6.49. The molecular weight excluding hydrogens is 360 g/mol. The minimum atomic E-state index is 0. The van der Waals surface area contributed by atoms with Crippen molar-refractivity contribution in [2.45, 2.75) is 45.4 Å². The summed E-state index contributed by atoms with van der Waals surface area (Å²) in [5.74, 6) is 0. The molecule has 0 aromatic heterocycles. The molecule has 0 amide bonds. The first kappa shape index (κ1) is 18.9. The van der Waals surface area contributed by atoms with Gasteiger partial charge in [0.15, 0.2) is 0 Å². The van der Waals surface area contributed by atoms with Crippen molar-refractivity contribution in [3.8, 4) is 0 Å². The topological polar surface area (TPSA) is 6.48 Å². The highest BCUT2D eigenvalue weighted by atomic mass is 79.9. The quantitative estimate of drug-likeness (QED) is 0.487. The fourth-order valence-electron chi connectivity index (χ4n) is 3.32. The Labute approximate surface area is 156 Å². The first-order valence-electron chi connectivity index (χ1n) is 9.05. The van der Waals surface area contributed by atoms with Crippen molar-refractivity contribution in [1.29, 1.82) is 0 Å². The second kappa shape index (κ2) is 9.73. The Bertz CT molecular complexity index is 648. The number of anilines is 1. The van der Waals surface area contributed by atoms with Gasteiger partial charge in [-0.25, -0.2) is 0 Å². The molecule has 0 fully saturated rings. The Kier molecular flexibility index (Phi) is 7.64. The van der Waals surface area contributed by atoms with Crippen LogP contribution in [0.5, 0.6) is 0 Å². The Hall–Kier alpha value is -1.48. The summed E-state index contributed by atoms with van der Waals surface area (Å²) in [6.45, 7) is 4.42. The lowest BCUT2D eigenvalue weighted by molar-refractivity contribution is 0.388. The zero-order valence-corrected chi connectivity index (χ0v) is 16.4. The van der Waals surface area contributed by atoms with Crippen LogP contribution in [0.3, 0.4) is 0 Å². The lowest BCUT2D eigenvalue weighted by Crippen LogP contribution is -2.25. The van der Waals surface area contributed by atoms with Crippen LogP contribution in [0.4, 0.5) is 5.69 Å². The average Bonchev–Trinajstić information content (AvgIpc) is 3.06. The second-order valence-corrected chi connectivity index (χ2v) is 6.49. The molecule has 3 rings (SSSR count). The van der Waals surface area contributed by atoms with E-state index in [0.717, 1.165) is 6.67 Å². The standard InChI is InChI=1S/C21H28N2.BrH/c1-2-3-4-5-6-9-15-22-16-17-23(18-22)21-14-10-12-19-11-7-8-13-20(19)21;/h7-8,10-14,16-17H,2-6,9,15,18H2,1H3;1H. The Morgan fingerprint density at radius 2 is 1.58 bits per heavy atom. The Morgan fingerprint density at radius 3 is 2.46 bits per heavy atom. The first-order chi connectivity index (χ1) is 11.4. The summed E-state index contributed by atoms with van der Waals surface area (Å²) in [7, 11) is 0. The van der Waals surface area contributed by atoms with E-state index >= 15 is 0 Å². The van der Waals surface area contributed by atoms with Gasteiger partial charge in [-0.2, -0.15) is 0 Å². The van der Waals surface area contributed by atoms with Crippen LogP contribution in [-0.4, -0.2) is 18.1 Å². The number of hydrogen-bond acceptors (Lipinski definition) is 2. The van der Waals surface area contributed by atoms with Gasteiger partial charge in [-0.15, -0.1) is 17.0 Å². The summed E-state index contributed by atoms with van der Waals surface area (Å²) in [5, 5.41) is 2.65. The van der Waals surface area contributed by atoms with E-state index in [1.807, 2.05) is 0 Å². The number of nitrogens with zero attached hydrogens (tertiary/aromatic N) is 2. The smallest absolute Gasteiger partial charge is 0.0942 e. The lowest BCUT2D eigenvalue weighted by Gasteiger charge is -2.22. The van der Waals surface area contributed by atoms with Crippen molar-refractivity contribution in [1.82, 2.24) is 4.90 Å². The van der Waals surface area contributed by atoms with Crippen LogP contribution in [0.1, 0.15) is 45.4 Å². The SMILES string of the molecule is Br.CCCCCCCCN1C=CN(c2cccc3ccccc23)C1. The summed E-state index contributed by atoms with van der Waals surface area (Å²) < 4.78 is 0. The fourth-order valence-corrected chi connectivity index (χ4v) is 3.32. The van der Waals surface area contributed by atoms with Crippen molar-refractivity contribution in [2.24, 2.45) is 0 Å². The number of unbranched alkanes of at least 4 members (excludes halogenated alkanes) is 5. The molecule has 2 nitrogen and oxygen atoms in total. The molecule has 2 aromatic carbocycles. The Balaban J connectivity index is 0.00000208. The van der Waals surface area contributed by atoms with Crippen molar-refractivity contribution < 1.29 is 0 Å². The number of fused-ring (bicyclic) bond motifs is 1. The maximum absolute atomic E-state index is 2.43. The minimum Gasteiger partial charge on any atom is -0.358 e. The molecule has 1 heterocycles. The van der Waals surface area contributed by atoms with Crippen molar-refractivity contribution >= 4 is 33.4 Å². The van der Waals surface area contributed by atoms with Gasteiger partial charge in [0, 0.05) is 24.3 Å². The third-order valence-corrected chi connectivity index (χ3v) is 4.67. The van der Waals surface area contributed by atoms with Crippen LogP contribution < -0.4 is 4.90 Å². The normalized spacial score (nSPS) is 13.5. The number of halogens is 1. The minimum absolute atomic E-state index is 0. The third kappa shape index (κ3) is 4.76. The largest absolute Gasteiger partial charge is 0.358 e. The summed E-state index contributed by atoms with van der Waals surface area (Å²) >= 11 is 0. The van der Waals surface area contributed by atoms with Gasteiger partial charge in [0.05, 0.1) is 12.4 Å². The molecule has 24 heavy (non-hydrogen) atoms. The first-order valence-corrected chi connectivity index (χ1v) is 9.05. The van der Waals surface area contributed by atoms with Gasteiger partial charge in [-0.1, -0.05) is 75.4 Å². The molecule has 130 valence electrons. The van der Waals surface area contributed by atoms with Crippen molar-refractivity contribution in [2.75, 3.05) is 18.1 Å². The molecular formula is C21H29BrN2. The highest BCUT2D eigenvalue weighted by molar-refractivity contribution is 8.93. The van der Waals surface area contributed by atoms with Gasteiger partial charge in [-0.3, -0.25) is 0 Å². The van der Waals surface area contributed by atoms with E-state index in [0.29, 0.717) is 0 Å². The maximum atomic E-state index is 2.43. The Morgan fingerprint density at radius 1 is 0.833 bits per heavy atom. The highest BCUT2D eigenvalue weighted by Crippen LogP contribution is 2.28. The summed E-state index contributed by atoms with van der Waals surface area (Å²) in [6.07, 6.45) is 12.6. The van der Waals surface area contributed by atoms with Crippen molar-refractivity contribution in [3.05, 3.63) is 54.9 Å². The molecule has 1 aliphatic heterocycles. The van der Waals surface area contributed by atoms with Crippen molar-refractivity contribution in [3.63, 3.8) is 0 Å². The van der Waals surface area contributed by atoms with Crippen LogP contribution >= 0.6 is 17.0 Å². The molecule has 0 atom stereocenters. The van der Waals surface area contributed by atoms with E-state index in [1.54, 1.807) is 0 Å². The number of hydrogen-bond donors (Lipinski definition) is 0. The summed E-state index contributed by atoms with van der Waals surface area (Å²) in [4.78, 5) is 4.79. The van der Waals surface area contributed by atoms with E-state index in [2.05, 4.69) is 71.6 Å². The summed E-state index contributed by atoms with van der Waals surface area (Å²) in [5.41, 5.74) is 1.31. The monoisotopic (exact) mass is 388 g/mol. The van der Waals surface area contributed by atoms with Gasteiger partial charge in [0.1, 0.15) is 0 Å². The van der Waals surface area contributed by atoms with E-state index in [4.69, 9.17) is 0 Å². The molecule has 0 saturated heterocycles. The zero-order valence-electron chi connectivity index (χ0n) is 14.7. The van der Waals surface area contributed by atoms with Gasteiger partial charge < -0.3 is 9.80 Å². The third-order valence-electron chi connectivity index (χ3n) is 4.67. The molecule has 0 saturated carbocycles. The van der Waals surface area contributed by atoms with Crippen LogP contribution in [0.2, 0.25) is 0 Å². The fraction of sp³-hybridized carbons (Fsp3) is 0.429. The van der Waals surface area contributed by atoms with Gasteiger partial charge in [-0.05, 0) is 17.9 Å². The molecule has 2 aromatic rings. The van der Waals surface area contributed by atoms with Crippen LogP contribution in [0, 0.1) is 0 Å². The molecule has 0 spiro atoms. The summed E-state index contributed by atoms with van der Waals surface area (Å²) in [6, 6.07) is 15.2. The molecule has 1 aliphatic rings. The van der Waals surface area contributed by atoms with Crippen LogP contribution in [0.15, 0.2) is 54.9 Å². The number of rotatable bonds is 8. The number of benzene rings is 2. The van der Waals surface area contributed by atoms with Gasteiger partial charge in [0.2, 0.25) is 0 Å². The van der Waals surface area contributed by atoms with Crippen LogP contribution in [-0.2, 0) is 0 Å².